The minimum atomic E-state index is 0.591. The van der Waals surface area contributed by atoms with Gasteiger partial charge < -0.3 is 8.98 Å². The Bertz CT molecular complexity index is 4380. The van der Waals surface area contributed by atoms with Crippen molar-refractivity contribution in [1.29, 1.82) is 0 Å². The molecule has 5 heteroatoms. The Labute approximate surface area is 428 Å². The van der Waals surface area contributed by atoms with E-state index in [1.807, 2.05) is 12.1 Å². The fourth-order valence-electron chi connectivity index (χ4n) is 10.6. The minimum absolute atomic E-state index is 0.591. The van der Waals surface area contributed by atoms with E-state index in [1.165, 1.54) is 32.9 Å². The number of rotatable bonds is 9. The highest BCUT2D eigenvalue weighted by atomic mass is 16.3. The van der Waals surface area contributed by atoms with Crippen molar-refractivity contribution >= 4 is 43.7 Å². The number of nitrogens with zero attached hydrogens (tertiary/aromatic N) is 4. The van der Waals surface area contributed by atoms with Crippen LogP contribution in [0.2, 0.25) is 0 Å². The van der Waals surface area contributed by atoms with E-state index in [1.54, 1.807) is 0 Å². The van der Waals surface area contributed by atoms with Gasteiger partial charge in [-0.25, -0.2) is 15.0 Å². The zero-order chi connectivity index (χ0) is 49.0. The van der Waals surface area contributed by atoms with Crippen molar-refractivity contribution in [3.8, 4) is 95.5 Å². The lowest BCUT2D eigenvalue weighted by molar-refractivity contribution is 0.670. The maximum Gasteiger partial charge on any atom is 0.164 e. The summed E-state index contributed by atoms with van der Waals surface area (Å²) in [6.07, 6.45) is 0. The molecular formula is C69H44N4O. The van der Waals surface area contributed by atoms with Crippen LogP contribution >= 0.6 is 0 Å². The summed E-state index contributed by atoms with van der Waals surface area (Å²) in [5.41, 5.74) is 19.0. The average Bonchev–Trinajstić information content (AvgIpc) is 4.06. The monoisotopic (exact) mass is 944 g/mol. The fraction of sp³-hybridized carbons (Fsp3) is 0. The van der Waals surface area contributed by atoms with Gasteiger partial charge in [0.2, 0.25) is 0 Å². The molecule has 0 aliphatic heterocycles. The molecule has 0 fully saturated rings. The van der Waals surface area contributed by atoms with Gasteiger partial charge in [-0.3, -0.25) is 0 Å². The molecule has 0 amide bonds. The molecule has 0 saturated carbocycles. The molecule has 0 aliphatic rings. The number of benzene rings is 11. The molecule has 14 aromatic rings. The summed E-state index contributed by atoms with van der Waals surface area (Å²) in [4.78, 5) is 15.8. The molecule has 0 atom stereocenters. The predicted octanol–water partition coefficient (Wildman–Crippen LogP) is 18.2. The maximum absolute atomic E-state index is 6.46. The van der Waals surface area contributed by atoms with E-state index in [2.05, 4.69) is 259 Å². The number of hydrogen-bond donors (Lipinski definition) is 0. The summed E-state index contributed by atoms with van der Waals surface area (Å²) < 4.78 is 8.82. The van der Waals surface area contributed by atoms with E-state index in [9.17, 15) is 0 Å². The average molecular weight is 945 g/mol. The predicted molar refractivity (Wildman–Crippen MR) is 305 cm³/mol. The van der Waals surface area contributed by atoms with Gasteiger partial charge in [0.15, 0.2) is 17.5 Å². The fourth-order valence-corrected chi connectivity index (χ4v) is 10.6. The smallest absolute Gasteiger partial charge is 0.164 e. The van der Waals surface area contributed by atoms with Crippen LogP contribution in [0.1, 0.15) is 0 Å². The van der Waals surface area contributed by atoms with Crippen molar-refractivity contribution in [3.63, 3.8) is 0 Å². The molecule has 3 heterocycles. The molecule has 74 heavy (non-hydrogen) atoms. The SMILES string of the molecule is c1ccc(-c2cccc(-c3ccc(-c4nc(-c5cccc(-c6cccc(-c7cccc8c7oc7ccccc78)c6)c5)nc(-c5cccc(-c6cccc(-n7c8ccccc8c8ccccc87)c6)c5)n4)cc3)c2)cc1. The molecule has 5 nitrogen and oxygen atoms in total. The zero-order valence-corrected chi connectivity index (χ0v) is 40.1. The molecule has 0 radical (unpaired) electrons. The molecule has 0 spiro atoms. The van der Waals surface area contributed by atoms with Crippen LogP contribution in [0, 0.1) is 0 Å². The Morgan fingerprint density at radius 3 is 1.27 bits per heavy atom. The Balaban J connectivity index is 0.859. The van der Waals surface area contributed by atoms with Gasteiger partial charge in [-0.1, -0.05) is 212 Å². The highest BCUT2D eigenvalue weighted by molar-refractivity contribution is 6.10. The molecular weight excluding hydrogens is 901 g/mol. The third-order valence-corrected chi connectivity index (χ3v) is 14.3. The van der Waals surface area contributed by atoms with E-state index in [0.29, 0.717) is 17.5 Å². The molecule has 14 rings (SSSR count). The second kappa shape index (κ2) is 18.0. The summed E-state index contributed by atoms with van der Waals surface area (Å²) >= 11 is 0. The van der Waals surface area contributed by atoms with E-state index >= 15 is 0 Å². The Morgan fingerprint density at radius 2 is 0.649 bits per heavy atom. The molecule has 0 N–H and O–H groups in total. The molecule has 3 aromatic heterocycles. The normalized spacial score (nSPS) is 11.5. The number of hydrogen-bond acceptors (Lipinski definition) is 4. The number of para-hydroxylation sites is 4. The Kier molecular flexibility index (Phi) is 10.4. The van der Waals surface area contributed by atoms with Gasteiger partial charge >= 0.3 is 0 Å². The van der Waals surface area contributed by atoms with E-state index < -0.39 is 0 Å². The van der Waals surface area contributed by atoms with E-state index in [0.717, 1.165) is 88.8 Å². The highest BCUT2D eigenvalue weighted by Gasteiger charge is 2.18. The van der Waals surface area contributed by atoms with Crippen LogP contribution in [0.5, 0.6) is 0 Å². The Hall–Kier alpha value is -9.97. The first-order valence-corrected chi connectivity index (χ1v) is 25.0. The van der Waals surface area contributed by atoms with Crippen molar-refractivity contribution in [2.45, 2.75) is 0 Å². The van der Waals surface area contributed by atoms with E-state index in [-0.39, 0.29) is 0 Å². The van der Waals surface area contributed by atoms with Crippen molar-refractivity contribution in [2.24, 2.45) is 0 Å². The second-order valence-corrected chi connectivity index (χ2v) is 18.8. The van der Waals surface area contributed by atoms with Gasteiger partial charge in [-0.15, -0.1) is 0 Å². The quantitative estimate of drug-likeness (QED) is 0.145. The lowest BCUT2D eigenvalue weighted by Gasteiger charge is -2.12. The summed E-state index contributed by atoms with van der Waals surface area (Å²) in [6, 6.07) is 94.1. The zero-order valence-electron chi connectivity index (χ0n) is 40.1. The van der Waals surface area contributed by atoms with Crippen molar-refractivity contribution in [2.75, 3.05) is 0 Å². The van der Waals surface area contributed by atoms with Crippen molar-refractivity contribution in [3.05, 3.63) is 267 Å². The highest BCUT2D eigenvalue weighted by Crippen LogP contribution is 2.39. The van der Waals surface area contributed by atoms with Crippen LogP contribution in [0.25, 0.3) is 139 Å². The molecule has 11 aromatic carbocycles. The van der Waals surface area contributed by atoms with Gasteiger partial charge in [-0.05, 0) is 105 Å². The van der Waals surface area contributed by atoms with Gasteiger partial charge in [0, 0.05) is 49.5 Å². The van der Waals surface area contributed by atoms with Crippen LogP contribution in [0.4, 0.5) is 0 Å². The molecule has 0 unspecified atom stereocenters. The first kappa shape index (κ1) is 42.9. The van der Waals surface area contributed by atoms with Gasteiger partial charge in [0.25, 0.3) is 0 Å². The number of aromatic nitrogens is 4. The van der Waals surface area contributed by atoms with E-state index in [4.69, 9.17) is 19.4 Å². The first-order chi connectivity index (χ1) is 36.6. The van der Waals surface area contributed by atoms with Gasteiger partial charge in [0.1, 0.15) is 11.2 Å². The van der Waals surface area contributed by atoms with Crippen LogP contribution in [0.3, 0.4) is 0 Å². The molecule has 346 valence electrons. The van der Waals surface area contributed by atoms with Crippen LogP contribution < -0.4 is 0 Å². The van der Waals surface area contributed by atoms with Gasteiger partial charge in [-0.2, -0.15) is 0 Å². The van der Waals surface area contributed by atoms with Crippen molar-refractivity contribution in [1.82, 2.24) is 19.5 Å². The standard InChI is InChI=1S/C69H44N4O/c1-2-16-45(17-3-1)48-18-10-19-49(40-48)46-36-38-47(39-37-46)67-70-68(55-25-12-21-51(42-55)50-20-11-24-54(41-50)58-31-15-32-62-61-30-6-9-35-65(61)74-66(58)62)72-69(71-67)56-26-13-22-52(43-56)53-23-14-27-57(44-53)73-63-33-7-4-28-59(63)60-29-5-8-34-64(60)73/h1-44H. The minimum Gasteiger partial charge on any atom is -0.455 e. The largest absolute Gasteiger partial charge is 0.455 e. The Morgan fingerprint density at radius 1 is 0.257 bits per heavy atom. The van der Waals surface area contributed by atoms with Crippen LogP contribution in [0.15, 0.2) is 271 Å². The first-order valence-electron chi connectivity index (χ1n) is 25.0. The number of fused-ring (bicyclic) bond motifs is 6. The van der Waals surface area contributed by atoms with Crippen molar-refractivity contribution < 1.29 is 4.42 Å². The molecule has 0 aliphatic carbocycles. The van der Waals surface area contributed by atoms with Gasteiger partial charge in [0.05, 0.1) is 11.0 Å². The summed E-state index contributed by atoms with van der Waals surface area (Å²) in [5, 5.41) is 4.70. The lowest BCUT2D eigenvalue weighted by atomic mass is 9.96. The second-order valence-electron chi connectivity index (χ2n) is 18.8. The summed E-state index contributed by atoms with van der Waals surface area (Å²) in [6.45, 7) is 0. The third kappa shape index (κ3) is 7.72. The molecule has 0 bridgehead atoms. The van der Waals surface area contributed by atoms with Crippen LogP contribution in [-0.4, -0.2) is 19.5 Å². The summed E-state index contributed by atoms with van der Waals surface area (Å²) in [5.74, 6) is 1.78. The number of furan rings is 1. The molecule has 0 saturated heterocycles. The van der Waals surface area contributed by atoms with Crippen LogP contribution in [-0.2, 0) is 0 Å². The maximum atomic E-state index is 6.46. The summed E-state index contributed by atoms with van der Waals surface area (Å²) in [7, 11) is 0. The lowest BCUT2D eigenvalue weighted by Crippen LogP contribution is -2.00. The third-order valence-electron chi connectivity index (χ3n) is 14.3. The topological polar surface area (TPSA) is 56.7 Å².